The number of benzene rings is 2. The van der Waals surface area contributed by atoms with E-state index in [1.54, 1.807) is 23.1 Å². The summed E-state index contributed by atoms with van der Waals surface area (Å²) in [6, 6.07) is 12.4. The molecular weight excluding hydrogens is 506 g/mol. The number of likely N-dealkylation sites (tertiary alicyclic amines) is 1. The van der Waals surface area contributed by atoms with Crippen LogP contribution in [0.15, 0.2) is 40.9 Å². The van der Waals surface area contributed by atoms with E-state index in [9.17, 15) is 18.5 Å². The van der Waals surface area contributed by atoms with E-state index >= 15 is 0 Å². The van der Waals surface area contributed by atoms with Crippen LogP contribution in [0.2, 0.25) is 0 Å². The van der Waals surface area contributed by atoms with E-state index in [2.05, 4.69) is 20.9 Å². The largest absolute Gasteiger partial charge is 0.490 e. The number of nitrogens with one attached hydrogen (secondary N) is 1. The number of nitrogens with zero attached hydrogens (tertiary/aromatic N) is 4. The summed E-state index contributed by atoms with van der Waals surface area (Å²) in [5, 5.41) is 13.7. The van der Waals surface area contributed by atoms with Gasteiger partial charge in [-0.2, -0.15) is 10.2 Å². The van der Waals surface area contributed by atoms with Gasteiger partial charge in [-0.3, -0.25) is 4.79 Å². The molecule has 11 heteroatoms. The van der Waals surface area contributed by atoms with Crippen molar-refractivity contribution < 1.29 is 22.5 Å². The first-order chi connectivity index (χ1) is 18.1. The molecule has 0 spiro atoms. The Bertz CT molecular complexity index is 1520. The lowest BCUT2D eigenvalue weighted by Gasteiger charge is -2.37. The normalized spacial score (nSPS) is 17.2. The van der Waals surface area contributed by atoms with Crippen molar-refractivity contribution in [2.45, 2.75) is 45.8 Å². The number of carbonyl (C=O) groups excluding carboxylic acids is 1. The summed E-state index contributed by atoms with van der Waals surface area (Å²) in [4.78, 5) is 18.5. The number of ether oxygens (including phenoxy) is 1. The molecule has 1 atom stereocenters. The van der Waals surface area contributed by atoms with E-state index in [1.165, 1.54) is 0 Å². The number of aromatic nitrogens is 2. The molecular formula is C27H29N5O5S. The maximum absolute atomic E-state index is 12.8. The Kier molecular flexibility index (Phi) is 6.94. The fraction of sp³-hybridized carbons (Fsp3) is 0.407. The van der Waals surface area contributed by atoms with Crippen LogP contribution < -0.4 is 9.46 Å². The molecule has 1 N–H and O–H groups in total. The van der Waals surface area contributed by atoms with Crippen molar-refractivity contribution in [3.05, 3.63) is 53.1 Å². The predicted octanol–water partition coefficient (Wildman–Crippen LogP) is 3.45. The Hall–Kier alpha value is -3.75. The van der Waals surface area contributed by atoms with Gasteiger partial charge >= 0.3 is 0 Å². The van der Waals surface area contributed by atoms with Gasteiger partial charge in [0.2, 0.25) is 21.8 Å². The molecule has 2 aromatic carbocycles. The highest BCUT2D eigenvalue weighted by molar-refractivity contribution is 7.90. The zero-order valence-corrected chi connectivity index (χ0v) is 22.3. The van der Waals surface area contributed by atoms with Crippen molar-refractivity contribution in [2.24, 2.45) is 5.92 Å². The van der Waals surface area contributed by atoms with Crippen LogP contribution in [0, 0.1) is 17.2 Å². The van der Waals surface area contributed by atoms with E-state index in [0.717, 1.165) is 16.7 Å². The van der Waals surface area contributed by atoms with Gasteiger partial charge in [-0.15, -0.1) is 0 Å². The van der Waals surface area contributed by atoms with Crippen LogP contribution in [0.5, 0.6) is 5.75 Å². The highest BCUT2D eigenvalue weighted by Crippen LogP contribution is 2.38. The zero-order chi connectivity index (χ0) is 27.0. The minimum Gasteiger partial charge on any atom is -0.490 e. The van der Waals surface area contributed by atoms with Gasteiger partial charge < -0.3 is 14.2 Å². The lowest BCUT2D eigenvalue weighted by molar-refractivity contribution is -0.134. The summed E-state index contributed by atoms with van der Waals surface area (Å²) in [6.45, 7) is 7.01. The van der Waals surface area contributed by atoms with Crippen LogP contribution in [0.3, 0.4) is 0 Å². The van der Waals surface area contributed by atoms with Crippen molar-refractivity contribution >= 4 is 15.9 Å². The average molecular weight is 536 g/mol. The first-order valence-electron chi connectivity index (χ1n) is 12.6. The third kappa shape index (κ3) is 5.28. The number of amides is 1. The molecule has 1 aliphatic carbocycles. The predicted molar refractivity (Wildman–Crippen MR) is 139 cm³/mol. The molecule has 1 saturated heterocycles. The van der Waals surface area contributed by atoms with Crippen molar-refractivity contribution in [1.29, 1.82) is 5.26 Å². The number of carbonyl (C=O) groups is 1. The quantitative estimate of drug-likeness (QED) is 0.463. The summed E-state index contributed by atoms with van der Waals surface area (Å²) in [6.07, 6.45) is 1.12. The van der Waals surface area contributed by atoms with Gasteiger partial charge in [-0.05, 0) is 61.9 Å². The third-order valence-corrected chi connectivity index (χ3v) is 7.97. The highest BCUT2D eigenvalue weighted by Gasteiger charge is 2.33. The van der Waals surface area contributed by atoms with E-state index in [4.69, 9.17) is 9.26 Å². The van der Waals surface area contributed by atoms with E-state index in [-0.39, 0.29) is 17.9 Å². The summed E-state index contributed by atoms with van der Waals surface area (Å²) in [5.74, 6) is 0.618. The minimum absolute atomic E-state index is 0.0683. The fourth-order valence-corrected chi connectivity index (χ4v) is 6.23. The second-order valence-corrected chi connectivity index (χ2v) is 11.9. The van der Waals surface area contributed by atoms with Crippen molar-refractivity contribution in [3.63, 3.8) is 0 Å². The molecule has 10 nitrogen and oxygen atoms in total. The number of hydrogen-bond donors (Lipinski definition) is 1. The standard InChI is InChI=1S/C27H29N5O5S/c1-16(2)36-24-10-7-18(11-19(24)12-28)27-29-26(30-37-27)22-6-4-5-21-20(22)8-9-23(21)31-38(34,35)15-25(33)32-13-17(3)14-32/h4-7,10-11,16-17,23,31H,8-9,13-15H2,1-3H3/t23-/m0/s1. The summed E-state index contributed by atoms with van der Waals surface area (Å²) in [5.41, 5.74) is 3.49. The molecule has 2 aliphatic rings. The first-order valence-corrected chi connectivity index (χ1v) is 14.2. The Morgan fingerprint density at radius 3 is 2.79 bits per heavy atom. The van der Waals surface area contributed by atoms with Crippen LogP contribution in [-0.2, 0) is 21.2 Å². The lowest BCUT2D eigenvalue weighted by atomic mass is 10.0. The van der Waals surface area contributed by atoms with Crippen LogP contribution >= 0.6 is 0 Å². The molecule has 0 unspecified atom stereocenters. The minimum atomic E-state index is -3.80. The topological polar surface area (TPSA) is 138 Å². The van der Waals surface area contributed by atoms with Gasteiger partial charge in [0, 0.05) is 30.3 Å². The molecule has 5 rings (SSSR count). The van der Waals surface area contributed by atoms with Crippen molar-refractivity contribution in [1.82, 2.24) is 19.8 Å². The fourth-order valence-electron chi connectivity index (χ4n) is 4.96. The maximum Gasteiger partial charge on any atom is 0.258 e. The van der Waals surface area contributed by atoms with Gasteiger partial charge in [0.25, 0.3) is 5.89 Å². The first kappa shape index (κ1) is 25.9. The average Bonchev–Trinajstić information content (AvgIpc) is 3.49. The van der Waals surface area contributed by atoms with E-state index < -0.39 is 21.8 Å². The summed E-state index contributed by atoms with van der Waals surface area (Å²) >= 11 is 0. The van der Waals surface area contributed by atoms with Gasteiger partial charge in [0.1, 0.15) is 17.6 Å². The Balaban J connectivity index is 1.34. The molecule has 3 aromatic rings. The number of sulfonamides is 1. The van der Waals surface area contributed by atoms with Gasteiger partial charge in [-0.25, -0.2) is 13.1 Å². The van der Waals surface area contributed by atoms with Gasteiger partial charge in [0.05, 0.1) is 11.7 Å². The molecule has 1 aromatic heterocycles. The maximum atomic E-state index is 12.8. The number of nitriles is 1. The SMILES string of the molecule is CC1CN(C(=O)CS(=O)(=O)N[C@H]2CCc3c(-c4noc(-c5ccc(OC(C)C)c(C#N)c5)n4)cccc32)C1. The van der Waals surface area contributed by atoms with Crippen LogP contribution in [0.4, 0.5) is 0 Å². The second kappa shape index (κ2) is 10.2. The number of rotatable bonds is 8. The molecule has 1 fully saturated rings. The molecule has 198 valence electrons. The monoisotopic (exact) mass is 535 g/mol. The summed E-state index contributed by atoms with van der Waals surface area (Å²) < 4.78 is 39.4. The number of fused-ring (bicyclic) bond motifs is 1. The van der Waals surface area contributed by atoms with Crippen LogP contribution in [0.25, 0.3) is 22.8 Å². The smallest absolute Gasteiger partial charge is 0.258 e. The Morgan fingerprint density at radius 1 is 1.29 bits per heavy atom. The summed E-state index contributed by atoms with van der Waals surface area (Å²) in [7, 11) is -3.80. The lowest BCUT2D eigenvalue weighted by Crippen LogP contribution is -2.51. The third-order valence-electron chi connectivity index (χ3n) is 6.70. The number of hydrogen-bond acceptors (Lipinski definition) is 8. The Morgan fingerprint density at radius 2 is 2.08 bits per heavy atom. The molecule has 2 heterocycles. The van der Waals surface area contributed by atoms with Crippen molar-refractivity contribution in [2.75, 3.05) is 18.8 Å². The van der Waals surface area contributed by atoms with Gasteiger partial charge in [0.15, 0.2) is 0 Å². The van der Waals surface area contributed by atoms with Crippen LogP contribution in [-0.4, -0.2) is 54.3 Å². The molecule has 1 amide bonds. The van der Waals surface area contributed by atoms with E-state index in [1.807, 2.05) is 39.0 Å². The molecule has 0 saturated carbocycles. The van der Waals surface area contributed by atoms with Crippen molar-refractivity contribution in [3.8, 4) is 34.7 Å². The van der Waals surface area contributed by atoms with Crippen LogP contribution in [0.1, 0.15) is 49.9 Å². The zero-order valence-electron chi connectivity index (χ0n) is 21.5. The molecule has 0 bridgehead atoms. The highest BCUT2D eigenvalue weighted by atomic mass is 32.2. The molecule has 0 radical (unpaired) electrons. The molecule has 1 aliphatic heterocycles. The van der Waals surface area contributed by atoms with Gasteiger partial charge in [-0.1, -0.05) is 30.3 Å². The Labute approximate surface area is 221 Å². The van der Waals surface area contributed by atoms with E-state index in [0.29, 0.717) is 54.5 Å². The molecule has 38 heavy (non-hydrogen) atoms. The second-order valence-electron chi connectivity index (χ2n) is 10.2.